The minimum absolute atomic E-state index is 0. The van der Waals surface area contributed by atoms with E-state index in [9.17, 15) is 19.8 Å². The number of carboxylic acids is 2. The summed E-state index contributed by atoms with van der Waals surface area (Å²) >= 11 is 0. The topological polar surface area (TPSA) is 121 Å². The van der Waals surface area contributed by atoms with E-state index in [4.69, 9.17) is 10.2 Å². The predicted octanol–water partition coefficient (Wildman–Crippen LogP) is -7.79. The third kappa shape index (κ3) is 6.53. The molecule has 0 aromatic heterocycles. The van der Waals surface area contributed by atoms with Gasteiger partial charge in [0, 0.05) is 0 Å². The Morgan fingerprint density at radius 3 is 1.25 bits per heavy atom. The average Bonchev–Trinajstić information content (AvgIpc) is 1.84. The van der Waals surface area contributed by atoms with Crippen molar-refractivity contribution in [2.24, 2.45) is 0 Å². The third-order valence-electron chi connectivity index (χ3n) is 0.782. The summed E-state index contributed by atoms with van der Waals surface area (Å²) < 4.78 is 0. The summed E-state index contributed by atoms with van der Waals surface area (Å²) in [5.74, 6) is -4.12. The van der Waals surface area contributed by atoms with Crippen LogP contribution in [0, 0.1) is 0 Å². The van der Waals surface area contributed by atoms with Crippen molar-refractivity contribution in [3.63, 3.8) is 0 Å². The van der Waals surface area contributed by atoms with Crippen LogP contribution in [-0.2, 0) is 27.0 Å². The Bertz CT molecular complexity index is 144. The van der Waals surface area contributed by atoms with Gasteiger partial charge in [0.25, 0.3) is 0 Å². The van der Waals surface area contributed by atoms with Crippen molar-refractivity contribution in [3.05, 3.63) is 0 Å². The molecule has 0 aromatic rings. The van der Waals surface area contributed by atoms with Crippen LogP contribution in [0.25, 0.3) is 0 Å². The van der Waals surface area contributed by atoms with Crippen molar-refractivity contribution in [3.8, 4) is 0 Å². The third-order valence-corrected chi connectivity index (χ3v) is 0.782. The van der Waals surface area contributed by atoms with Crippen LogP contribution in [0.5, 0.6) is 0 Å². The Morgan fingerprint density at radius 2 is 1.17 bits per heavy atom. The molecule has 0 aliphatic carbocycles. The zero-order valence-electron chi connectivity index (χ0n) is 6.09. The second-order valence-electron chi connectivity index (χ2n) is 1.53. The molecule has 0 aliphatic rings. The van der Waals surface area contributed by atoms with Gasteiger partial charge in [0.15, 0.2) is 0 Å². The van der Waals surface area contributed by atoms with E-state index in [1.165, 1.54) is 0 Å². The molecule has 0 amide bonds. The molecule has 0 radical (unpaired) electrons. The van der Waals surface area contributed by atoms with Crippen LogP contribution in [0.3, 0.4) is 0 Å². The maximum Gasteiger partial charge on any atom is 2.00 e. The summed E-state index contributed by atoms with van der Waals surface area (Å²) in [6.45, 7) is 0. The number of rotatable bonds is 3. The maximum absolute atomic E-state index is 9.63. The molecule has 2 unspecified atom stereocenters. The summed E-state index contributed by atoms with van der Waals surface area (Å²) in [7, 11) is 0. The van der Waals surface area contributed by atoms with E-state index < -0.39 is 24.1 Å². The average molecular weight is 239 g/mol. The number of carbonyl (C=O) groups is 2. The van der Waals surface area contributed by atoms with Crippen molar-refractivity contribution in [2.75, 3.05) is 0 Å². The van der Waals surface area contributed by atoms with Gasteiger partial charge in [0.1, 0.15) is 12.2 Å². The van der Waals surface area contributed by atoms with Gasteiger partial charge in [-0.1, -0.05) is 0 Å². The second kappa shape index (κ2) is 8.62. The molecule has 62 valence electrons. The fourth-order valence-electron chi connectivity index (χ4n) is 0.258. The summed E-state index contributed by atoms with van der Waals surface area (Å²) in [6, 6.07) is 0. The molecular weight excluding hydrogens is 235 g/mol. The molecule has 12 heavy (non-hydrogen) atoms. The van der Waals surface area contributed by atoms with Gasteiger partial charge in [0.2, 0.25) is 0 Å². The van der Waals surface area contributed by atoms with Crippen LogP contribution < -0.4 is 61.6 Å². The van der Waals surface area contributed by atoms with Crippen LogP contribution in [0.1, 0.15) is 0 Å². The van der Waals surface area contributed by atoms with E-state index in [-0.39, 0.29) is 68.7 Å². The van der Waals surface area contributed by atoms with E-state index in [0.29, 0.717) is 0 Å². The number of hydrogen-bond acceptors (Lipinski definition) is 6. The molecule has 2 atom stereocenters. The fraction of sp³-hybridized carbons (Fsp3) is 0.500. The summed E-state index contributed by atoms with van der Waals surface area (Å²) in [6.07, 6.45) is -4.88. The first kappa shape index (κ1) is 18.7. The molecule has 2 N–H and O–H groups in total. The van der Waals surface area contributed by atoms with Crippen LogP contribution in [0.4, 0.5) is 0 Å². The Labute approximate surface area is 121 Å². The smallest absolute Gasteiger partial charge is 0.547 e. The van der Waals surface area contributed by atoms with Crippen molar-refractivity contribution in [2.45, 2.75) is 12.2 Å². The largest absolute Gasteiger partial charge is 2.00 e. The fourth-order valence-corrected chi connectivity index (χ4v) is 0.258. The molecule has 0 fully saturated rings. The van der Waals surface area contributed by atoms with Crippen LogP contribution in [-0.4, -0.2) is 34.4 Å². The van der Waals surface area contributed by atoms with Gasteiger partial charge in [-0.15, -0.1) is 0 Å². The minimum atomic E-state index is -2.44. The van der Waals surface area contributed by atoms with Gasteiger partial charge < -0.3 is 30.0 Å². The van der Waals surface area contributed by atoms with E-state index in [2.05, 4.69) is 0 Å². The Balaban J connectivity index is -0.000000405. The zero-order valence-corrected chi connectivity index (χ0v) is 10.5. The molecule has 6 nitrogen and oxygen atoms in total. The Hall–Kier alpha value is 1.03. The molecule has 0 aromatic carbocycles. The van der Waals surface area contributed by atoms with E-state index >= 15 is 0 Å². The summed E-state index contributed by atoms with van der Waals surface area (Å²) in [5.41, 5.74) is 0. The first-order chi connectivity index (χ1) is 4.46. The minimum Gasteiger partial charge on any atom is -0.547 e. The number of carbonyl (C=O) groups excluding carboxylic acids is 2. The standard InChI is InChI=1S/C4H6O6.Cr.K/c5-1(3(7)8)2(6)4(9)10;;/h1-2,5-6H,(H,7,8)(H,9,10);;/q;+2;+1/p-2. The van der Waals surface area contributed by atoms with Gasteiger partial charge in [-0.3, -0.25) is 0 Å². The van der Waals surface area contributed by atoms with E-state index in [1.807, 2.05) is 0 Å². The maximum atomic E-state index is 9.63. The molecule has 0 saturated heterocycles. The second-order valence-corrected chi connectivity index (χ2v) is 1.53. The number of aliphatic hydroxyl groups is 2. The predicted molar refractivity (Wildman–Crippen MR) is 22.0 cm³/mol. The van der Waals surface area contributed by atoms with Gasteiger partial charge >= 0.3 is 68.7 Å². The number of aliphatic hydroxyl groups excluding tert-OH is 2. The monoisotopic (exact) mass is 239 g/mol. The SMILES string of the molecule is O=C([O-])C(O)C(O)C(=O)[O-].[Cr+2].[K+]. The molecular formula is C4H4CrKO6+. The number of aliphatic carboxylic acids is 2. The molecule has 8 heteroatoms. The van der Waals surface area contributed by atoms with Gasteiger partial charge in [0.05, 0.1) is 11.9 Å². The van der Waals surface area contributed by atoms with Crippen molar-refractivity contribution in [1.82, 2.24) is 0 Å². The van der Waals surface area contributed by atoms with Crippen molar-refractivity contribution >= 4 is 11.9 Å². The first-order valence-electron chi connectivity index (χ1n) is 2.24. The molecule has 0 rings (SSSR count). The number of carboxylic acid groups (broad SMARTS) is 2. The van der Waals surface area contributed by atoms with Crippen LogP contribution in [0.2, 0.25) is 0 Å². The van der Waals surface area contributed by atoms with Crippen molar-refractivity contribution in [1.29, 1.82) is 0 Å². The Morgan fingerprint density at radius 1 is 1.00 bits per heavy atom. The zero-order chi connectivity index (χ0) is 8.31. The molecule has 0 saturated carbocycles. The molecule has 0 spiro atoms. The number of hydrogen-bond donors (Lipinski definition) is 2. The summed E-state index contributed by atoms with van der Waals surface area (Å²) in [5, 5.41) is 35.7. The van der Waals surface area contributed by atoms with Gasteiger partial charge in [-0.2, -0.15) is 0 Å². The molecule has 0 aliphatic heterocycles. The molecule has 0 bridgehead atoms. The quantitative estimate of drug-likeness (QED) is 0.472. The first-order valence-corrected chi connectivity index (χ1v) is 2.24. The van der Waals surface area contributed by atoms with Gasteiger partial charge in [-0.25, -0.2) is 0 Å². The normalized spacial score (nSPS) is 13.2. The van der Waals surface area contributed by atoms with Crippen molar-refractivity contribution < 1.29 is 98.8 Å². The summed E-state index contributed by atoms with van der Waals surface area (Å²) in [4.78, 5) is 19.3. The van der Waals surface area contributed by atoms with E-state index in [0.717, 1.165) is 0 Å². The van der Waals surface area contributed by atoms with E-state index in [1.54, 1.807) is 0 Å². The molecule has 0 heterocycles. The Kier molecular flexibility index (Phi) is 13.5. The van der Waals surface area contributed by atoms with Crippen LogP contribution in [0.15, 0.2) is 0 Å². The van der Waals surface area contributed by atoms with Gasteiger partial charge in [-0.05, 0) is 0 Å². The van der Waals surface area contributed by atoms with Crippen LogP contribution >= 0.6 is 0 Å².